The molecular weight excluding hydrogens is 497 g/mol. The Morgan fingerprint density at radius 3 is 1.66 bits per heavy atom. The Morgan fingerprint density at radius 2 is 1.20 bits per heavy atom. The van der Waals surface area contributed by atoms with Gasteiger partial charge < -0.3 is 19.9 Å². The van der Waals surface area contributed by atoms with E-state index in [4.69, 9.17) is 32.7 Å². The Morgan fingerprint density at radius 1 is 0.743 bits per heavy atom. The van der Waals surface area contributed by atoms with Gasteiger partial charge in [0.1, 0.15) is 0 Å². The average molecular weight is 516 g/mol. The van der Waals surface area contributed by atoms with Gasteiger partial charge in [-0.05, 0) is 67.1 Å². The van der Waals surface area contributed by atoms with Crippen molar-refractivity contribution in [3.8, 4) is 0 Å². The molecule has 10 heteroatoms. The molecule has 3 rings (SSSR count). The topological polar surface area (TPSA) is 119 Å². The van der Waals surface area contributed by atoms with Crippen molar-refractivity contribution in [3.63, 3.8) is 0 Å². The third kappa shape index (κ3) is 6.81. The van der Waals surface area contributed by atoms with Crippen molar-refractivity contribution in [1.29, 1.82) is 0 Å². The van der Waals surface area contributed by atoms with E-state index in [0.717, 1.165) is 0 Å². The number of hydrogen-bond acceptors (Lipinski definition) is 6. The van der Waals surface area contributed by atoms with Crippen molar-refractivity contribution in [2.45, 2.75) is 19.1 Å². The number of hydrogen-bond donors (Lipinski definition) is 2. The number of carbonyl (C=O) groups excluding carboxylic acids is 3. The van der Waals surface area contributed by atoms with Gasteiger partial charge in [-0.1, -0.05) is 41.4 Å². The molecular formula is C25H19Cl2NO7. The van der Waals surface area contributed by atoms with Crippen LogP contribution in [-0.2, 0) is 19.1 Å². The minimum absolute atomic E-state index is 0.0104. The molecule has 8 nitrogen and oxygen atoms in total. The van der Waals surface area contributed by atoms with Crippen LogP contribution in [0.2, 0.25) is 10.0 Å². The highest BCUT2D eigenvalue weighted by Crippen LogP contribution is 2.19. The number of carboxylic acid groups (broad SMARTS) is 1. The molecule has 0 radical (unpaired) electrons. The lowest BCUT2D eigenvalue weighted by Gasteiger charge is -2.24. The fraction of sp³-hybridized carbons (Fsp3) is 0.120. The number of halogens is 2. The smallest absolute Gasteiger partial charge is 0.349 e. The highest BCUT2D eigenvalue weighted by atomic mass is 35.5. The molecule has 0 saturated carbocycles. The number of ether oxygens (including phenoxy) is 2. The van der Waals surface area contributed by atoms with E-state index in [1.807, 2.05) is 0 Å². The zero-order chi connectivity index (χ0) is 25.5. The van der Waals surface area contributed by atoms with Gasteiger partial charge in [0.25, 0.3) is 5.91 Å². The zero-order valence-electron chi connectivity index (χ0n) is 18.2. The van der Waals surface area contributed by atoms with E-state index in [2.05, 4.69) is 5.32 Å². The summed E-state index contributed by atoms with van der Waals surface area (Å²) in [6.45, 7) is 1.72. The summed E-state index contributed by atoms with van der Waals surface area (Å²) in [5.41, 5.74) is 1.03. The number of rotatable bonds is 8. The van der Waals surface area contributed by atoms with Crippen molar-refractivity contribution < 1.29 is 33.8 Å². The molecule has 0 aliphatic carbocycles. The second-order valence-electron chi connectivity index (χ2n) is 7.31. The molecule has 0 saturated heterocycles. The molecule has 0 spiro atoms. The Hall–Kier alpha value is -3.88. The number of benzene rings is 3. The Bertz CT molecular complexity index is 1240. The zero-order valence-corrected chi connectivity index (χ0v) is 19.7. The maximum absolute atomic E-state index is 13.1. The molecule has 180 valence electrons. The summed E-state index contributed by atoms with van der Waals surface area (Å²) in [6, 6.07) is 17.7. The summed E-state index contributed by atoms with van der Waals surface area (Å²) in [6.07, 6.45) is -4.18. The van der Waals surface area contributed by atoms with Crippen molar-refractivity contribution in [2.75, 3.05) is 5.32 Å². The lowest BCUT2D eigenvalue weighted by molar-refractivity contribution is -0.157. The van der Waals surface area contributed by atoms with E-state index < -0.39 is 36.0 Å². The highest BCUT2D eigenvalue weighted by Gasteiger charge is 2.41. The molecule has 0 aromatic heterocycles. The van der Waals surface area contributed by atoms with Crippen molar-refractivity contribution in [3.05, 3.63) is 99.5 Å². The van der Waals surface area contributed by atoms with Gasteiger partial charge in [-0.25, -0.2) is 14.4 Å². The maximum Gasteiger partial charge on any atom is 0.349 e. The van der Waals surface area contributed by atoms with E-state index in [1.54, 1.807) is 31.2 Å². The van der Waals surface area contributed by atoms with Gasteiger partial charge in [-0.3, -0.25) is 4.79 Å². The second-order valence-corrected chi connectivity index (χ2v) is 8.18. The summed E-state index contributed by atoms with van der Waals surface area (Å²) >= 11 is 11.6. The molecule has 0 aliphatic heterocycles. The Balaban J connectivity index is 1.91. The number of anilines is 1. The van der Waals surface area contributed by atoms with Gasteiger partial charge >= 0.3 is 17.9 Å². The fourth-order valence-electron chi connectivity index (χ4n) is 2.95. The molecule has 1 amide bonds. The Labute approximate surface area is 210 Å². The average Bonchev–Trinajstić information content (AvgIpc) is 2.83. The number of aryl methyl sites for hydroxylation is 1. The summed E-state index contributed by atoms with van der Waals surface area (Å²) in [5.74, 6) is -4.76. The standard InChI is InChI=1S/C25H19Cl2NO7/c1-14-4-2-3-5-19(14)28-22(29)20(34-24(32)15-6-10-17(26)11-7-15)21(23(30)31)35-25(33)16-8-12-18(27)13-9-16/h2-13,20-21H,1H3,(H,28,29)(H,30,31)/t20-,21-/m1/s1. The second kappa shape index (κ2) is 11.5. The Kier molecular flexibility index (Phi) is 8.46. The first-order valence-corrected chi connectivity index (χ1v) is 10.9. The minimum atomic E-state index is -2.15. The quantitative estimate of drug-likeness (QED) is 0.414. The van der Waals surface area contributed by atoms with Crippen LogP contribution in [0.3, 0.4) is 0 Å². The molecule has 0 unspecified atom stereocenters. The largest absolute Gasteiger partial charge is 0.478 e. The van der Waals surface area contributed by atoms with Crippen LogP contribution in [0, 0.1) is 6.92 Å². The van der Waals surface area contributed by atoms with Crippen molar-refractivity contribution in [2.24, 2.45) is 0 Å². The number of nitrogens with one attached hydrogen (secondary N) is 1. The first kappa shape index (κ1) is 25.7. The van der Waals surface area contributed by atoms with E-state index in [9.17, 15) is 24.3 Å². The van der Waals surface area contributed by atoms with E-state index in [0.29, 0.717) is 21.3 Å². The fourth-order valence-corrected chi connectivity index (χ4v) is 3.20. The van der Waals surface area contributed by atoms with Crippen LogP contribution in [0.15, 0.2) is 72.8 Å². The van der Waals surface area contributed by atoms with Gasteiger partial charge in [0.2, 0.25) is 12.2 Å². The minimum Gasteiger partial charge on any atom is -0.478 e. The van der Waals surface area contributed by atoms with E-state index in [-0.39, 0.29) is 11.1 Å². The van der Waals surface area contributed by atoms with Gasteiger partial charge in [0, 0.05) is 15.7 Å². The van der Waals surface area contributed by atoms with Crippen LogP contribution in [0.4, 0.5) is 5.69 Å². The normalized spacial score (nSPS) is 12.2. The van der Waals surface area contributed by atoms with Crippen LogP contribution in [0.1, 0.15) is 26.3 Å². The molecule has 2 N–H and O–H groups in total. The molecule has 0 bridgehead atoms. The first-order chi connectivity index (χ1) is 16.7. The van der Waals surface area contributed by atoms with Crippen LogP contribution < -0.4 is 5.32 Å². The van der Waals surface area contributed by atoms with E-state index in [1.165, 1.54) is 48.5 Å². The molecule has 0 aliphatic rings. The first-order valence-electron chi connectivity index (χ1n) is 10.2. The van der Waals surface area contributed by atoms with Crippen LogP contribution in [0.25, 0.3) is 0 Å². The molecule has 0 fully saturated rings. The molecule has 35 heavy (non-hydrogen) atoms. The van der Waals surface area contributed by atoms with Crippen LogP contribution in [-0.4, -0.2) is 41.1 Å². The van der Waals surface area contributed by atoms with Gasteiger partial charge in [-0.15, -0.1) is 0 Å². The third-order valence-corrected chi connectivity index (χ3v) is 5.31. The summed E-state index contributed by atoms with van der Waals surface area (Å²) in [7, 11) is 0. The van der Waals surface area contributed by atoms with Gasteiger partial charge in [0.05, 0.1) is 11.1 Å². The summed E-state index contributed by atoms with van der Waals surface area (Å²) < 4.78 is 10.4. The number of amides is 1. The number of carbonyl (C=O) groups is 4. The van der Waals surface area contributed by atoms with Gasteiger partial charge in [-0.2, -0.15) is 0 Å². The lowest BCUT2D eigenvalue weighted by Crippen LogP contribution is -2.48. The molecule has 0 heterocycles. The van der Waals surface area contributed by atoms with Crippen LogP contribution in [0.5, 0.6) is 0 Å². The predicted molar refractivity (Wildman–Crippen MR) is 129 cm³/mol. The van der Waals surface area contributed by atoms with Crippen LogP contribution >= 0.6 is 23.2 Å². The number of aliphatic carboxylic acids is 1. The number of carboxylic acids is 1. The SMILES string of the molecule is Cc1ccccc1NC(=O)[C@H](OC(=O)c1ccc(Cl)cc1)[C@@H](OC(=O)c1ccc(Cl)cc1)C(=O)O. The molecule has 2 atom stereocenters. The van der Waals surface area contributed by atoms with Crippen molar-refractivity contribution in [1.82, 2.24) is 0 Å². The number of para-hydroxylation sites is 1. The monoisotopic (exact) mass is 515 g/mol. The lowest BCUT2D eigenvalue weighted by atomic mass is 10.1. The summed E-state index contributed by atoms with van der Waals surface area (Å²) in [4.78, 5) is 50.5. The predicted octanol–water partition coefficient (Wildman–Crippen LogP) is 4.78. The maximum atomic E-state index is 13.1. The highest BCUT2D eigenvalue weighted by molar-refractivity contribution is 6.31. The van der Waals surface area contributed by atoms with E-state index >= 15 is 0 Å². The van der Waals surface area contributed by atoms with Crippen molar-refractivity contribution >= 4 is 52.7 Å². The molecule has 3 aromatic carbocycles. The number of esters is 2. The van der Waals surface area contributed by atoms with Gasteiger partial charge in [0.15, 0.2) is 0 Å². The third-order valence-electron chi connectivity index (χ3n) is 4.81. The summed E-state index contributed by atoms with van der Waals surface area (Å²) in [5, 5.41) is 13.0. The molecule has 3 aromatic rings.